The number of hydrogen-bond acceptors (Lipinski definition) is 3. The van der Waals surface area contributed by atoms with Crippen molar-refractivity contribution in [1.29, 1.82) is 0 Å². The second kappa shape index (κ2) is 4.20. The lowest BCUT2D eigenvalue weighted by atomic mass is 10.1. The second-order valence-electron chi connectivity index (χ2n) is 2.99. The van der Waals surface area contributed by atoms with E-state index in [0.717, 1.165) is 6.07 Å². The number of halogens is 2. The lowest BCUT2D eigenvalue weighted by Gasteiger charge is -2.09. The lowest BCUT2D eigenvalue weighted by molar-refractivity contribution is -0.386. The van der Waals surface area contributed by atoms with E-state index >= 15 is 0 Å². The molecular formula is C9H9F2NO3. The van der Waals surface area contributed by atoms with Crippen LogP contribution in [0.5, 0.6) is 5.75 Å². The van der Waals surface area contributed by atoms with Gasteiger partial charge in [-0.15, -0.1) is 0 Å². The van der Waals surface area contributed by atoms with Crippen molar-refractivity contribution in [2.45, 2.75) is 20.5 Å². The van der Waals surface area contributed by atoms with Gasteiger partial charge < -0.3 is 4.74 Å². The van der Waals surface area contributed by atoms with Crippen molar-refractivity contribution in [2.75, 3.05) is 0 Å². The smallest absolute Gasteiger partial charge is 0.387 e. The van der Waals surface area contributed by atoms with E-state index in [1.807, 2.05) is 0 Å². The zero-order valence-electron chi connectivity index (χ0n) is 8.16. The van der Waals surface area contributed by atoms with Gasteiger partial charge in [0.2, 0.25) is 5.75 Å². The highest BCUT2D eigenvalue weighted by Gasteiger charge is 2.21. The Morgan fingerprint density at radius 1 is 1.40 bits per heavy atom. The zero-order chi connectivity index (χ0) is 11.6. The zero-order valence-corrected chi connectivity index (χ0v) is 8.16. The fourth-order valence-electron chi connectivity index (χ4n) is 1.16. The molecule has 0 saturated heterocycles. The van der Waals surface area contributed by atoms with Crippen LogP contribution in [0.1, 0.15) is 11.1 Å². The summed E-state index contributed by atoms with van der Waals surface area (Å²) in [6, 6.07) is 2.64. The SMILES string of the molecule is Cc1ccc([N+](=O)[O-])c(OC(F)F)c1C. The van der Waals surface area contributed by atoms with Crippen LogP contribution < -0.4 is 4.74 Å². The summed E-state index contributed by atoms with van der Waals surface area (Å²) in [6.07, 6.45) is 0. The number of ether oxygens (including phenoxy) is 1. The maximum atomic E-state index is 12.0. The van der Waals surface area contributed by atoms with E-state index in [2.05, 4.69) is 4.74 Å². The first-order valence-electron chi connectivity index (χ1n) is 4.13. The number of nitro groups is 1. The molecule has 0 spiro atoms. The molecule has 15 heavy (non-hydrogen) atoms. The van der Waals surface area contributed by atoms with Gasteiger partial charge in [-0.25, -0.2) is 0 Å². The Morgan fingerprint density at radius 2 is 2.00 bits per heavy atom. The number of rotatable bonds is 3. The molecule has 0 aliphatic heterocycles. The third-order valence-corrected chi connectivity index (χ3v) is 2.06. The molecule has 1 aromatic carbocycles. The molecule has 1 rings (SSSR count). The standard InChI is InChI=1S/C9H9F2NO3/c1-5-3-4-7(12(13)14)8(6(5)2)15-9(10)11/h3-4,9H,1-2H3. The summed E-state index contributed by atoms with van der Waals surface area (Å²) in [5.74, 6) is -0.366. The van der Waals surface area contributed by atoms with Crippen LogP contribution in [-0.2, 0) is 0 Å². The molecule has 0 fully saturated rings. The van der Waals surface area contributed by atoms with Crippen LogP contribution >= 0.6 is 0 Å². The number of nitrogens with zero attached hydrogens (tertiary/aromatic N) is 1. The molecule has 0 aromatic heterocycles. The van der Waals surface area contributed by atoms with Gasteiger partial charge in [0.25, 0.3) is 0 Å². The minimum Gasteiger partial charge on any atom is -0.427 e. The highest BCUT2D eigenvalue weighted by molar-refractivity contribution is 5.54. The van der Waals surface area contributed by atoms with E-state index in [4.69, 9.17) is 0 Å². The minimum absolute atomic E-state index is 0.351. The van der Waals surface area contributed by atoms with Crippen molar-refractivity contribution in [3.05, 3.63) is 33.4 Å². The van der Waals surface area contributed by atoms with Gasteiger partial charge in [-0.05, 0) is 19.4 Å². The van der Waals surface area contributed by atoms with Crippen LogP contribution in [0.2, 0.25) is 0 Å². The average molecular weight is 217 g/mol. The number of aryl methyl sites for hydroxylation is 1. The summed E-state index contributed by atoms with van der Waals surface area (Å²) in [7, 11) is 0. The molecule has 0 aliphatic rings. The summed E-state index contributed by atoms with van der Waals surface area (Å²) in [5, 5.41) is 10.5. The summed E-state index contributed by atoms with van der Waals surface area (Å²) in [6.45, 7) is 0.0986. The van der Waals surface area contributed by atoms with Crippen molar-refractivity contribution in [1.82, 2.24) is 0 Å². The fraction of sp³-hybridized carbons (Fsp3) is 0.333. The summed E-state index contributed by atoms with van der Waals surface area (Å²) >= 11 is 0. The van der Waals surface area contributed by atoms with Crippen LogP contribution in [0.4, 0.5) is 14.5 Å². The van der Waals surface area contributed by atoms with E-state index in [-0.39, 0.29) is 5.75 Å². The molecule has 0 amide bonds. The summed E-state index contributed by atoms with van der Waals surface area (Å²) in [5.41, 5.74) is 0.569. The topological polar surface area (TPSA) is 52.4 Å². The molecule has 0 aliphatic carbocycles. The maximum Gasteiger partial charge on any atom is 0.387 e. The molecule has 0 unspecified atom stereocenters. The van der Waals surface area contributed by atoms with Crippen molar-refractivity contribution in [2.24, 2.45) is 0 Å². The van der Waals surface area contributed by atoms with Crippen LogP contribution in [0, 0.1) is 24.0 Å². The summed E-state index contributed by atoms with van der Waals surface area (Å²) in [4.78, 5) is 9.80. The van der Waals surface area contributed by atoms with Crippen molar-refractivity contribution >= 4 is 5.69 Å². The molecule has 0 saturated carbocycles. The minimum atomic E-state index is -3.07. The van der Waals surface area contributed by atoms with Gasteiger partial charge in [-0.3, -0.25) is 10.1 Å². The normalized spacial score (nSPS) is 10.5. The summed E-state index contributed by atoms with van der Waals surface area (Å²) < 4.78 is 28.2. The number of alkyl halides is 2. The predicted octanol–water partition coefficient (Wildman–Crippen LogP) is 2.81. The largest absolute Gasteiger partial charge is 0.427 e. The van der Waals surface area contributed by atoms with Crippen molar-refractivity contribution < 1.29 is 18.4 Å². The van der Waals surface area contributed by atoms with Gasteiger partial charge in [-0.1, -0.05) is 6.07 Å². The van der Waals surface area contributed by atoms with Gasteiger partial charge in [0.15, 0.2) is 0 Å². The van der Waals surface area contributed by atoms with Crippen LogP contribution in [-0.4, -0.2) is 11.5 Å². The first-order valence-corrected chi connectivity index (χ1v) is 4.13. The van der Waals surface area contributed by atoms with Gasteiger partial charge in [0.05, 0.1) is 4.92 Å². The van der Waals surface area contributed by atoms with Crippen molar-refractivity contribution in [3.63, 3.8) is 0 Å². The fourth-order valence-corrected chi connectivity index (χ4v) is 1.16. The third kappa shape index (κ3) is 2.39. The van der Waals surface area contributed by atoms with Gasteiger partial charge in [0.1, 0.15) is 0 Å². The molecule has 0 N–H and O–H groups in total. The Hall–Kier alpha value is -1.72. The van der Waals surface area contributed by atoms with Crippen molar-refractivity contribution in [3.8, 4) is 5.75 Å². The van der Waals surface area contributed by atoms with E-state index in [0.29, 0.717) is 11.1 Å². The molecule has 4 nitrogen and oxygen atoms in total. The molecule has 0 atom stereocenters. The van der Waals surface area contributed by atoms with Crippen LogP contribution in [0.3, 0.4) is 0 Å². The average Bonchev–Trinajstić information content (AvgIpc) is 2.12. The number of hydrogen-bond donors (Lipinski definition) is 0. The third-order valence-electron chi connectivity index (χ3n) is 2.06. The Bertz CT molecular complexity index is 393. The van der Waals surface area contributed by atoms with E-state index in [9.17, 15) is 18.9 Å². The van der Waals surface area contributed by atoms with Gasteiger partial charge >= 0.3 is 12.3 Å². The highest BCUT2D eigenvalue weighted by Crippen LogP contribution is 2.33. The first kappa shape index (κ1) is 11.4. The van der Waals surface area contributed by atoms with E-state index in [1.54, 1.807) is 6.92 Å². The molecule has 6 heteroatoms. The monoisotopic (exact) mass is 217 g/mol. The Morgan fingerprint density at radius 3 is 2.47 bits per heavy atom. The molecular weight excluding hydrogens is 208 g/mol. The van der Waals surface area contributed by atoms with E-state index < -0.39 is 17.2 Å². The van der Waals surface area contributed by atoms with Gasteiger partial charge in [0, 0.05) is 11.6 Å². The Kier molecular flexibility index (Phi) is 3.18. The lowest BCUT2D eigenvalue weighted by Crippen LogP contribution is -2.06. The number of nitro benzene ring substituents is 1. The predicted molar refractivity (Wildman–Crippen MR) is 49.2 cm³/mol. The van der Waals surface area contributed by atoms with E-state index in [1.165, 1.54) is 13.0 Å². The molecule has 1 aromatic rings. The second-order valence-corrected chi connectivity index (χ2v) is 2.99. The molecule has 0 bridgehead atoms. The highest BCUT2D eigenvalue weighted by atomic mass is 19.3. The van der Waals surface area contributed by atoms with Gasteiger partial charge in [-0.2, -0.15) is 8.78 Å². The van der Waals surface area contributed by atoms with Crippen LogP contribution in [0.15, 0.2) is 12.1 Å². The number of benzene rings is 1. The van der Waals surface area contributed by atoms with Crippen LogP contribution in [0.25, 0.3) is 0 Å². The first-order chi connectivity index (χ1) is 6.93. The Balaban J connectivity index is 3.28. The quantitative estimate of drug-likeness (QED) is 0.577. The Labute approximate surface area is 84.6 Å². The maximum absolute atomic E-state index is 12.0. The molecule has 0 radical (unpaired) electrons. The molecule has 0 heterocycles. The molecule has 82 valence electrons.